The van der Waals surface area contributed by atoms with Crippen molar-refractivity contribution in [1.82, 2.24) is 14.6 Å². The van der Waals surface area contributed by atoms with Gasteiger partial charge in [-0.1, -0.05) is 35.5 Å². The number of benzene rings is 1. The van der Waals surface area contributed by atoms with E-state index < -0.39 is 0 Å². The maximum absolute atomic E-state index is 13.2. The lowest BCUT2D eigenvalue weighted by atomic mass is 10.0. The first kappa shape index (κ1) is 18.8. The Morgan fingerprint density at radius 1 is 1.32 bits per heavy atom. The molecule has 0 radical (unpaired) electrons. The van der Waals surface area contributed by atoms with Gasteiger partial charge in [0.25, 0.3) is 5.91 Å². The van der Waals surface area contributed by atoms with Crippen molar-refractivity contribution < 1.29 is 9.21 Å². The van der Waals surface area contributed by atoms with Gasteiger partial charge in [-0.05, 0) is 36.8 Å². The molecule has 3 aromatic rings. The Balaban J connectivity index is 1.61. The van der Waals surface area contributed by atoms with Crippen LogP contribution in [0.3, 0.4) is 0 Å². The van der Waals surface area contributed by atoms with Crippen LogP contribution in [0, 0.1) is 0 Å². The Kier molecular flexibility index (Phi) is 5.28. The largest absolute Gasteiger partial charge is 0.467 e. The maximum atomic E-state index is 13.2. The lowest BCUT2D eigenvalue weighted by molar-refractivity contribution is -0.132. The molecule has 144 valence electrons. The van der Waals surface area contributed by atoms with Crippen molar-refractivity contribution in [3.8, 4) is 0 Å². The first-order valence-corrected chi connectivity index (χ1v) is 10.1. The van der Waals surface area contributed by atoms with Crippen LogP contribution in [-0.4, -0.2) is 31.4 Å². The number of halogens is 1. The Morgan fingerprint density at radius 3 is 2.75 bits per heavy atom. The minimum absolute atomic E-state index is 0.0848. The predicted molar refractivity (Wildman–Crippen MR) is 109 cm³/mol. The van der Waals surface area contributed by atoms with E-state index in [0.29, 0.717) is 11.4 Å². The quantitative estimate of drug-likeness (QED) is 0.575. The SMILES string of the molecule is C[C@H](Sc1nccn1C)C(=O)N1N=C(c2ccc(Cl)cc2)C[C@H]1c1ccco1. The van der Waals surface area contributed by atoms with Crippen molar-refractivity contribution in [1.29, 1.82) is 0 Å². The highest BCUT2D eigenvalue weighted by Crippen LogP contribution is 2.35. The van der Waals surface area contributed by atoms with Crippen LogP contribution < -0.4 is 0 Å². The second kappa shape index (κ2) is 7.85. The summed E-state index contributed by atoms with van der Waals surface area (Å²) < 4.78 is 7.49. The van der Waals surface area contributed by atoms with Gasteiger partial charge in [-0.15, -0.1) is 0 Å². The predicted octanol–water partition coefficient (Wildman–Crippen LogP) is 4.53. The highest BCUT2D eigenvalue weighted by molar-refractivity contribution is 8.00. The number of thioether (sulfide) groups is 1. The number of hydrogen-bond acceptors (Lipinski definition) is 5. The van der Waals surface area contributed by atoms with Crippen molar-refractivity contribution in [3.63, 3.8) is 0 Å². The molecule has 6 nitrogen and oxygen atoms in total. The molecule has 0 saturated heterocycles. The van der Waals surface area contributed by atoms with Crippen LogP contribution in [0.5, 0.6) is 0 Å². The van der Waals surface area contributed by atoms with Crippen molar-refractivity contribution in [2.45, 2.75) is 29.8 Å². The fourth-order valence-electron chi connectivity index (χ4n) is 3.09. The number of hydrazone groups is 1. The molecule has 0 aliphatic carbocycles. The van der Waals surface area contributed by atoms with Gasteiger partial charge in [0.15, 0.2) is 5.16 Å². The van der Waals surface area contributed by atoms with Gasteiger partial charge in [-0.3, -0.25) is 4.79 Å². The van der Waals surface area contributed by atoms with E-state index in [4.69, 9.17) is 16.0 Å². The fraction of sp³-hybridized carbons (Fsp3) is 0.250. The maximum Gasteiger partial charge on any atom is 0.256 e. The molecule has 1 aliphatic heterocycles. The molecular weight excluding hydrogens is 396 g/mol. The van der Waals surface area contributed by atoms with Crippen LogP contribution in [0.25, 0.3) is 0 Å². The summed E-state index contributed by atoms with van der Waals surface area (Å²) in [6.07, 6.45) is 5.78. The number of aromatic nitrogens is 2. The van der Waals surface area contributed by atoms with Crippen molar-refractivity contribution >= 4 is 35.0 Å². The van der Waals surface area contributed by atoms with E-state index in [9.17, 15) is 4.79 Å². The second-order valence-electron chi connectivity index (χ2n) is 6.55. The zero-order valence-corrected chi connectivity index (χ0v) is 17.0. The summed E-state index contributed by atoms with van der Waals surface area (Å²) in [5.41, 5.74) is 1.78. The van der Waals surface area contributed by atoms with Crippen molar-refractivity contribution in [2.75, 3.05) is 0 Å². The molecule has 2 aromatic heterocycles. The lowest BCUT2D eigenvalue weighted by Gasteiger charge is -2.22. The molecule has 0 N–H and O–H groups in total. The third-order valence-electron chi connectivity index (χ3n) is 4.59. The van der Waals surface area contributed by atoms with Crippen LogP contribution in [0.4, 0.5) is 0 Å². The third-order valence-corrected chi connectivity index (χ3v) is 6.00. The van der Waals surface area contributed by atoms with Gasteiger partial charge in [0.1, 0.15) is 11.8 Å². The molecule has 1 aliphatic rings. The van der Waals surface area contributed by atoms with E-state index in [1.165, 1.54) is 11.8 Å². The van der Waals surface area contributed by atoms with Gasteiger partial charge in [0.2, 0.25) is 0 Å². The molecule has 0 unspecified atom stereocenters. The molecule has 0 spiro atoms. The van der Waals surface area contributed by atoms with Crippen LogP contribution in [0.15, 0.2) is 69.7 Å². The number of furan rings is 1. The number of amides is 1. The zero-order chi connectivity index (χ0) is 19.7. The summed E-state index contributed by atoms with van der Waals surface area (Å²) in [7, 11) is 1.91. The highest BCUT2D eigenvalue weighted by atomic mass is 35.5. The summed E-state index contributed by atoms with van der Waals surface area (Å²) in [4.78, 5) is 17.5. The molecule has 4 rings (SSSR count). The van der Waals surface area contributed by atoms with Crippen LogP contribution in [0.2, 0.25) is 5.02 Å². The van der Waals surface area contributed by atoms with Gasteiger partial charge in [0, 0.05) is 30.9 Å². The average Bonchev–Trinajstić information content (AvgIpc) is 3.43. The Labute approximate surface area is 172 Å². The number of imidazole rings is 1. The molecule has 3 heterocycles. The number of nitrogens with zero attached hydrogens (tertiary/aromatic N) is 4. The smallest absolute Gasteiger partial charge is 0.256 e. The molecule has 28 heavy (non-hydrogen) atoms. The monoisotopic (exact) mass is 414 g/mol. The van der Waals surface area contributed by atoms with Gasteiger partial charge in [0.05, 0.1) is 17.2 Å². The summed E-state index contributed by atoms with van der Waals surface area (Å²) in [6, 6.07) is 10.9. The van der Waals surface area contributed by atoms with Gasteiger partial charge in [-0.25, -0.2) is 9.99 Å². The van der Waals surface area contributed by atoms with Gasteiger partial charge in [-0.2, -0.15) is 5.10 Å². The standard InChI is InChI=1S/C20H19ClN4O2S/c1-13(28-20-22-9-10-24(20)2)19(26)25-17(18-4-3-11-27-18)12-16(23-25)14-5-7-15(21)8-6-14/h3-11,13,17H,12H2,1-2H3/t13-,17-/m0/s1. The fourth-order valence-corrected chi connectivity index (χ4v) is 4.09. The van der Waals surface area contributed by atoms with Gasteiger partial charge >= 0.3 is 0 Å². The summed E-state index contributed by atoms with van der Waals surface area (Å²) in [6.45, 7) is 1.87. The van der Waals surface area contributed by atoms with E-state index in [1.807, 2.05) is 61.1 Å². The molecule has 1 aromatic carbocycles. The van der Waals surface area contributed by atoms with E-state index in [0.717, 1.165) is 22.2 Å². The Bertz CT molecular complexity index is 998. The topological polar surface area (TPSA) is 63.6 Å². The van der Waals surface area contributed by atoms with E-state index in [2.05, 4.69) is 10.1 Å². The number of aryl methyl sites for hydroxylation is 1. The van der Waals surface area contributed by atoms with E-state index in [-0.39, 0.29) is 17.2 Å². The zero-order valence-electron chi connectivity index (χ0n) is 15.4. The highest BCUT2D eigenvalue weighted by Gasteiger charge is 2.37. The minimum Gasteiger partial charge on any atom is -0.467 e. The molecule has 1 amide bonds. The molecule has 0 fully saturated rings. The third kappa shape index (κ3) is 3.72. The number of hydrogen-bond donors (Lipinski definition) is 0. The lowest BCUT2D eigenvalue weighted by Crippen LogP contribution is -2.33. The Morgan fingerprint density at radius 2 is 2.11 bits per heavy atom. The molecular formula is C20H19ClN4O2S. The van der Waals surface area contributed by atoms with Crippen LogP contribution in [-0.2, 0) is 11.8 Å². The summed E-state index contributed by atoms with van der Waals surface area (Å²) >= 11 is 7.41. The van der Waals surface area contributed by atoms with E-state index in [1.54, 1.807) is 17.5 Å². The Hall–Kier alpha value is -2.51. The number of carbonyl (C=O) groups excluding carboxylic acids is 1. The second-order valence-corrected chi connectivity index (χ2v) is 8.30. The number of carbonyl (C=O) groups is 1. The average molecular weight is 415 g/mol. The minimum atomic E-state index is -0.341. The normalized spacial score (nSPS) is 17.6. The molecule has 0 bridgehead atoms. The summed E-state index contributed by atoms with van der Waals surface area (Å²) in [5.74, 6) is 0.633. The van der Waals surface area contributed by atoms with Crippen LogP contribution in [0.1, 0.15) is 30.7 Å². The van der Waals surface area contributed by atoms with Crippen molar-refractivity contribution in [2.24, 2.45) is 12.1 Å². The molecule has 2 atom stereocenters. The molecule has 0 saturated carbocycles. The molecule has 8 heteroatoms. The first-order valence-electron chi connectivity index (χ1n) is 8.87. The summed E-state index contributed by atoms with van der Waals surface area (Å²) in [5, 5.41) is 7.31. The number of rotatable bonds is 5. The van der Waals surface area contributed by atoms with E-state index >= 15 is 0 Å². The van der Waals surface area contributed by atoms with Gasteiger partial charge < -0.3 is 8.98 Å². The van der Waals surface area contributed by atoms with Crippen molar-refractivity contribution in [3.05, 3.63) is 71.4 Å². The first-order chi connectivity index (χ1) is 13.5. The van der Waals surface area contributed by atoms with Crippen LogP contribution >= 0.6 is 23.4 Å².